The number of fused-ring (bicyclic) bond motifs is 1. The molecule has 0 bridgehead atoms. The van der Waals surface area contributed by atoms with E-state index >= 15 is 0 Å². The molecule has 2 heterocycles. The van der Waals surface area contributed by atoms with Crippen molar-refractivity contribution in [3.05, 3.63) is 44.5 Å². The number of nitrogens with one attached hydrogen (secondary N) is 1. The largest absolute Gasteiger partial charge is 0.492 e. The molecule has 1 N–H and O–H groups in total. The first kappa shape index (κ1) is 15.8. The van der Waals surface area contributed by atoms with E-state index in [1.807, 2.05) is 6.07 Å². The van der Waals surface area contributed by atoms with Crippen LogP contribution in [0.15, 0.2) is 18.2 Å². The van der Waals surface area contributed by atoms with Crippen molar-refractivity contribution in [3.8, 4) is 5.75 Å². The van der Waals surface area contributed by atoms with Crippen LogP contribution in [0.25, 0.3) is 0 Å². The molecule has 0 fully saturated rings. The van der Waals surface area contributed by atoms with Gasteiger partial charge in [0.2, 0.25) is 0 Å². The third-order valence-electron chi connectivity index (χ3n) is 4.31. The molecule has 2 aromatic rings. The monoisotopic (exact) mass is 411 g/mol. The summed E-state index contributed by atoms with van der Waals surface area (Å²) in [5, 5.41) is 3.56. The van der Waals surface area contributed by atoms with E-state index in [9.17, 15) is 0 Å². The van der Waals surface area contributed by atoms with Crippen LogP contribution in [0.4, 0.5) is 0 Å². The van der Waals surface area contributed by atoms with E-state index in [4.69, 9.17) is 9.72 Å². The standard InChI is InChI=1S/C17H22IN3O/c1-4-15-20-17(18)16-14(19-7-8-21(15)16)10-22-13-6-5-11(2)12(3)9-13/h5-6,9,14,19H,4,7-8,10H2,1-3H3/t14-/m1/s1. The average molecular weight is 411 g/mol. The van der Waals surface area contributed by atoms with E-state index in [2.05, 4.69) is 65.4 Å². The molecule has 5 heteroatoms. The summed E-state index contributed by atoms with van der Waals surface area (Å²) in [5.41, 5.74) is 3.83. The lowest BCUT2D eigenvalue weighted by atomic mass is 10.1. The lowest BCUT2D eigenvalue weighted by Crippen LogP contribution is -2.37. The van der Waals surface area contributed by atoms with E-state index in [1.165, 1.54) is 22.6 Å². The lowest BCUT2D eigenvalue weighted by Gasteiger charge is -2.27. The van der Waals surface area contributed by atoms with Crippen molar-refractivity contribution in [1.29, 1.82) is 0 Å². The van der Waals surface area contributed by atoms with Crippen molar-refractivity contribution in [3.63, 3.8) is 0 Å². The van der Waals surface area contributed by atoms with E-state index in [0.717, 1.165) is 29.0 Å². The van der Waals surface area contributed by atoms with Crippen LogP contribution in [0.2, 0.25) is 0 Å². The molecule has 0 saturated carbocycles. The van der Waals surface area contributed by atoms with Gasteiger partial charge in [-0.15, -0.1) is 0 Å². The first-order valence-corrected chi connectivity index (χ1v) is 8.86. The highest BCUT2D eigenvalue weighted by atomic mass is 127. The summed E-state index contributed by atoms with van der Waals surface area (Å²) in [4.78, 5) is 4.70. The molecule has 0 unspecified atom stereocenters. The molecule has 22 heavy (non-hydrogen) atoms. The third-order valence-corrected chi connectivity index (χ3v) is 5.10. The Labute approximate surface area is 145 Å². The Kier molecular flexibility index (Phi) is 4.73. The number of aromatic nitrogens is 2. The van der Waals surface area contributed by atoms with Gasteiger partial charge in [0, 0.05) is 19.5 Å². The smallest absolute Gasteiger partial charge is 0.124 e. The number of halogens is 1. The number of nitrogens with zero attached hydrogens (tertiary/aromatic N) is 2. The highest BCUT2D eigenvalue weighted by molar-refractivity contribution is 14.1. The Balaban J connectivity index is 1.77. The molecule has 0 amide bonds. The van der Waals surface area contributed by atoms with Gasteiger partial charge < -0.3 is 14.6 Å². The van der Waals surface area contributed by atoms with Gasteiger partial charge in [0.15, 0.2) is 0 Å². The van der Waals surface area contributed by atoms with Crippen molar-refractivity contribution in [2.75, 3.05) is 13.2 Å². The van der Waals surface area contributed by atoms with Gasteiger partial charge in [0.05, 0.1) is 11.7 Å². The van der Waals surface area contributed by atoms with E-state index in [-0.39, 0.29) is 6.04 Å². The maximum absolute atomic E-state index is 6.03. The molecule has 1 aliphatic rings. The number of hydrogen-bond donors (Lipinski definition) is 1. The van der Waals surface area contributed by atoms with Crippen LogP contribution < -0.4 is 10.1 Å². The summed E-state index contributed by atoms with van der Waals surface area (Å²) in [6.45, 7) is 8.99. The molecule has 0 spiro atoms. The SMILES string of the molecule is CCc1nc(I)c2n1CCN[C@@H]2COc1ccc(C)c(C)c1. The Morgan fingerprint density at radius 2 is 2.18 bits per heavy atom. The highest BCUT2D eigenvalue weighted by Crippen LogP contribution is 2.26. The van der Waals surface area contributed by atoms with Gasteiger partial charge in [-0.05, 0) is 59.7 Å². The number of aryl methyl sites for hydroxylation is 3. The minimum Gasteiger partial charge on any atom is -0.492 e. The minimum atomic E-state index is 0.204. The van der Waals surface area contributed by atoms with Crippen molar-refractivity contribution < 1.29 is 4.74 Å². The van der Waals surface area contributed by atoms with Gasteiger partial charge >= 0.3 is 0 Å². The van der Waals surface area contributed by atoms with Crippen LogP contribution in [0.5, 0.6) is 5.75 Å². The summed E-state index contributed by atoms with van der Waals surface area (Å²) >= 11 is 2.34. The quantitative estimate of drug-likeness (QED) is 0.785. The van der Waals surface area contributed by atoms with E-state index in [0.29, 0.717) is 6.61 Å². The van der Waals surface area contributed by atoms with Gasteiger partial charge in [-0.2, -0.15) is 0 Å². The summed E-state index contributed by atoms with van der Waals surface area (Å²) in [7, 11) is 0. The molecular weight excluding hydrogens is 389 g/mol. The van der Waals surface area contributed by atoms with E-state index in [1.54, 1.807) is 0 Å². The van der Waals surface area contributed by atoms with Gasteiger partial charge in [-0.1, -0.05) is 13.0 Å². The molecule has 1 aromatic heterocycles. The first-order chi connectivity index (χ1) is 10.6. The fraction of sp³-hybridized carbons (Fsp3) is 0.471. The van der Waals surface area contributed by atoms with Gasteiger partial charge in [0.25, 0.3) is 0 Å². The molecule has 1 atom stereocenters. The van der Waals surface area contributed by atoms with Crippen LogP contribution in [0.1, 0.15) is 35.6 Å². The predicted octanol–water partition coefficient (Wildman–Crippen LogP) is 3.39. The summed E-state index contributed by atoms with van der Waals surface area (Å²) in [6.07, 6.45) is 0.973. The average Bonchev–Trinajstić information content (AvgIpc) is 2.85. The summed E-state index contributed by atoms with van der Waals surface area (Å²) in [6, 6.07) is 6.47. The molecule has 4 nitrogen and oxygen atoms in total. The molecule has 0 aliphatic carbocycles. The van der Waals surface area contributed by atoms with Gasteiger partial charge in [-0.3, -0.25) is 0 Å². The van der Waals surface area contributed by atoms with Crippen LogP contribution in [0, 0.1) is 17.5 Å². The molecule has 0 radical (unpaired) electrons. The number of ether oxygens (including phenoxy) is 1. The Hall–Kier alpha value is -1.08. The topological polar surface area (TPSA) is 39.1 Å². The molecule has 3 rings (SSSR count). The van der Waals surface area contributed by atoms with Crippen LogP contribution in [-0.4, -0.2) is 22.7 Å². The fourth-order valence-corrected chi connectivity index (χ4v) is 3.85. The Morgan fingerprint density at radius 1 is 1.36 bits per heavy atom. The van der Waals surface area contributed by atoms with Gasteiger partial charge in [-0.25, -0.2) is 4.98 Å². The van der Waals surface area contributed by atoms with Crippen molar-refractivity contribution in [2.45, 2.75) is 39.8 Å². The lowest BCUT2D eigenvalue weighted by molar-refractivity contribution is 0.246. The zero-order chi connectivity index (χ0) is 15.7. The third kappa shape index (κ3) is 3.01. The van der Waals surface area contributed by atoms with Crippen LogP contribution in [-0.2, 0) is 13.0 Å². The number of rotatable bonds is 4. The number of hydrogen-bond acceptors (Lipinski definition) is 3. The first-order valence-electron chi connectivity index (χ1n) is 7.78. The zero-order valence-electron chi connectivity index (χ0n) is 13.3. The number of imidazole rings is 1. The van der Waals surface area contributed by atoms with Crippen LogP contribution >= 0.6 is 22.6 Å². The Bertz CT molecular complexity index is 681. The highest BCUT2D eigenvalue weighted by Gasteiger charge is 2.26. The molecule has 1 aromatic carbocycles. The van der Waals surface area contributed by atoms with E-state index < -0.39 is 0 Å². The zero-order valence-corrected chi connectivity index (χ0v) is 15.5. The molecule has 118 valence electrons. The van der Waals surface area contributed by atoms with Crippen LogP contribution in [0.3, 0.4) is 0 Å². The normalized spacial score (nSPS) is 17.4. The molecule has 0 saturated heterocycles. The summed E-state index contributed by atoms with van der Waals surface area (Å²) < 4.78 is 9.48. The second-order valence-corrected chi connectivity index (χ2v) is 6.79. The second kappa shape index (κ2) is 6.58. The maximum Gasteiger partial charge on any atom is 0.124 e. The predicted molar refractivity (Wildman–Crippen MR) is 96.5 cm³/mol. The van der Waals surface area contributed by atoms with Crippen molar-refractivity contribution >= 4 is 22.6 Å². The van der Waals surface area contributed by atoms with Crippen molar-refractivity contribution in [2.24, 2.45) is 0 Å². The number of benzene rings is 1. The molecule has 1 aliphatic heterocycles. The van der Waals surface area contributed by atoms with Crippen molar-refractivity contribution in [1.82, 2.24) is 14.9 Å². The van der Waals surface area contributed by atoms with Gasteiger partial charge in [0.1, 0.15) is 21.9 Å². The molecular formula is C17H22IN3O. The second-order valence-electron chi connectivity index (χ2n) is 5.77. The summed E-state index contributed by atoms with van der Waals surface area (Å²) in [5.74, 6) is 2.12. The minimum absolute atomic E-state index is 0.204. The fourth-order valence-electron chi connectivity index (χ4n) is 2.90. The Morgan fingerprint density at radius 3 is 2.91 bits per heavy atom. The maximum atomic E-state index is 6.03.